The summed E-state index contributed by atoms with van der Waals surface area (Å²) in [5.74, 6) is 0.868. The molecule has 1 fully saturated rings. The van der Waals surface area contributed by atoms with E-state index in [-0.39, 0.29) is 4.90 Å². The molecule has 3 rings (SSSR count). The Kier molecular flexibility index (Phi) is 5.67. The Bertz CT molecular complexity index is 904. The third-order valence-corrected chi connectivity index (χ3v) is 6.52. The van der Waals surface area contributed by atoms with Crippen LogP contribution in [0.1, 0.15) is 10.4 Å². The molecule has 1 heterocycles. The molecule has 2 aromatic rings. The van der Waals surface area contributed by atoms with Crippen LogP contribution in [0, 0.1) is 0 Å². The number of rotatable bonds is 6. The molecule has 0 amide bonds. The first-order chi connectivity index (χ1) is 13.0. The number of aldehydes is 1. The van der Waals surface area contributed by atoms with Crippen LogP contribution in [0.2, 0.25) is 0 Å². The highest BCUT2D eigenvalue weighted by Gasteiger charge is 2.29. The Morgan fingerprint density at radius 3 is 2.07 bits per heavy atom. The van der Waals surface area contributed by atoms with Crippen LogP contribution in [0.5, 0.6) is 11.5 Å². The van der Waals surface area contributed by atoms with Gasteiger partial charge in [-0.3, -0.25) is 4.79 Å². The maximum Gasteiger partial charge on any atom is 0.243 e. The number of sulfonamides is 1. The summed E-state index contributed by atoms with van der Waals surface area (Å²) in [6.07, 6.45) is 0.803. The van der Waals surface area contributed by atoms with Gasteiger partial charge in [0.05, 0.1) is 19.1 Å². The highest BCUT2D eigenvalue weighted by molar-refractivity contribution is 7.89. The number of hydrogen-bond acceptors (Lipinski definition) is 6. The zero-order valence-electron chi connectivity index (χ0n) is 15.3. The molecule has 8 heteroatoms. The van der Waals surface area contributed by atoms with Gasteiger partial charge in [0, 0.05) is 43.5 Å². The van der Waals surface area contributed by atoms with Gasteiger partial charge in [0.1, 0.15) is 6.29 Å². The average Bonchev–Trinajstić information content (AvgIpc) is 2.73. The quantitative estimate of drug-likeness (QED) is 0.703. The minimum atomic E-state index is -3.61. The number of carbonyl (C=O) groups is 1. The van der Waals surface area contributed by atoms with Gasteiger partial charge in [-0.2, -0.15) is 4.31 Å². The van der Waals surface area contributed by atoms with E-state index in [0.717, 1.165) is 12.0 Å². The Balaban J connectivity index is 1.73. The van der Waals surface area contributed by atoms with E-state index in [1.807, 2.05) is 12.1 Å². The van der Waals surface area contributed by atoms with Crippen molar-refractivity contribution in [2.24, 2.45) is 0 Å². The minimum Gasteiger partial charge on any atom is -0.493 e. The fourth-order valence-corrected chi connectivity index (χ4v) is 4.51. The highest BCUT2D eigenvalue weighted by Crippen LogP contribution is 2.31. The molecule has 7 nitrogen and oxygen atoms in total. The van der Waals surface area contributed by atoms with Crippen molar-refractivity contribution in [1.29, 1.82) is 0 Å². The highest BCUT2D eigenvalue weighted by atomic mass is 32.2. The molecule has 0 atom stereocenters. The van der Waals surface area contributed by atoms with Crippen LogP contribution in [-0.4, -0.2) is 59.4 Å². The van der Waals surface area contributed by atoms with Crippen LogP contribution in [0.25, 0.3) is 0 Å². The molecular formula is C19H22N2O5S. The van der Waals surface area contributed by atoms with E-state index in [1.165, 1.54) is 30.7 Å². The first kappa shape index (κ1) is 19.2. The summed E-state index contributed by atoms with van der Waals surface area (Å²) in [5.41, 5.74) is 1.59. The van der Waals surface area contributed by atoms with E-state index in [0.29, 0.717) is 43.2 Å². The fraction of sp³-hybridized carbons (Fsp3) is 0.316. The van der Waals surface area contributed by atoms with Crippen LogP contribution < -0.4 is 14.4 Å². The molecule has 0 spiro atoms. The van der Waals surface area contributed by atoms with Crippen LogP contribution in [-0.2, 0) is 10.0 Å². The molecule has 0 radical (unpaired) electrons. The molecule has 0 saturated carbocycles. The zero-order valence-corrected chi connectivity index (χ0v) is 16.1. The second kappa shape index (κ2) is 7.98. The van der Waals surface area contributed by atoms with Crippen molar-refractivity contribution >= 4 is 22.0 Å². The normalized spacial score (nSPS) is 15.4. The van der Waals surface area contributed by atoms with Crippen molar-refractivity contribution in [3.8, 4) is 11.5 Å². The first-order valence-electron chi connectivity index (χ1n) is 8.52. The van der Waals surface area contributed by atoms with E-state index in [9.17, 15) is 13.2 Å². The molecule has 1 aliphatic heterocycles. The summed E-state index contributed by atoms with van der Waals surface area (Å²) >= 11 is 0. The van der Waals surface area contributed by atoms with E-state index >= 15 is 0 Å². The number of nitrogens with zero attached hydrogens (tertiary/aromatic N) is 2. The molecule has 2 aromatic carbocycles. The first-order valence-corrected chi connectivity index (χ1v) is 9.96. The van der Waals surface area contributed by atoms with Crippen molar-refractivity contribution < 1.29 is 22.7 Å². The number of carbonyl (C=O) groups excluding carboxylic acids is 1. The summed E-state index contributed by atoms with van der Waals surface area (Å²) in [5, 5.41) is 0. The fourth-order valence-electron chi connectivity index (χ4n) is 3.08. The van der Waals surface area contributed by atoms with Gasteiger partial charge in [-0.05, 0) is 36.4 Å². The topological polar surface area (TPSA) is 76.2 Å². The van der Waals surface area contributed by atoms with Crippen molar-refractivity contribution in [2.45, 2.75) is 4.90 Å². The molecule has 144 valence electrons. The Hall–Kier alpha value is -2.58. The monoisotopic (exact) mass is 390 g/mol. The third kappa shape index (κ3) is 3.91. The third-order valence-electron chi connectivity index (χ3n) is 4.63. The number of piperazine rings is 1. The van der Waals surface area contributed by atoms with Crippen LogP contribution in [0.15, 0.2) is 47.4 Å². The summed E-state index contributed by atoms with van der Waals surface area (Å²) in [7, 11) is -0.629. The Morgan fingerprint density at radius 2 is 1.52 bits per heavy atom. The van der Waals surface area contributed by atoms with Gasteiger partial charge < -0.3 is 14.4 Å². The number of anilines is 1. The number of ether oxygens (including phenoxy) is 2. The van der Waals surface area contributed by atoms with Crippen molar-refractivity contribution in [3.05, 3.63) is 48.0 Å². The molecule has 0 aliphatic carbocycles. The van der Waals surface area contributed by atoms with Crippen LogP contribution >= 0.6 is 0 Å². The average molecular weight is 390 g/mol. The predicted octanol–water partition coefficient (Wildman–Crippen LogP) is 2.03. The molecule has 0 bridgehead atoms. The van der Waals surface area contributed by atoms with Gasteiger partial charge >= 0.3 is 0 Å². The van der Waals surface area contributed by atoms with Gasteiger partial charge in [-0.25, -0.2) is 8.42 Å². The molecular weight excluding hydrogens is 368 g/mol. The molecule has 27 heavy (non-hydrogen) atoms. The van der Waals surface area contributed by atoms with Gasteiger partial charge in [0.2, 0.25) is 10.0 Å². The molecule has 1 aliphatic rings. The zero-order chi connectivity index (χ0) is 19.4. The molecule has 0 aromatic heterocycles. The SMILES string of the molecule is COc1ccc(S(=O)(=O)N2CCN(c3ccc(C=O)cc3)CC2)cc1OC. The number of benzene rings is 2. The molecule has 0 N–H and O–H groups in total. The maximum atomic E-state index is 13.0. The van der Waals surface area contributed by atoms with Gasteiger partial charge in [0.15, 0.2) is 11.5 Å². The van der Waals surface area contributed by atoms with Crippen LogP contribution in [0.3, 0.4) is 0 Å². The van der Waals surface area contributed by atoms with Gasteiger partial charge in [-0.1, -0.05) is 0 Å². The van der Waals surface area contributed by atoms with Crippen molar-refractivity contribution in [3.63, 3.8) is 0 Å². The lowest BCUT2D eigenvalue weighted by Crippen LogP contribution is -2.48. The Labute approximate surface area is 159 Å². The predicted molar refractivity (Wildman–Crippen MR) is 102 cm³/mol. The summed E-state index contributed by atoms with van der Waals surface area (Å²) < 4.78 is 37.8. The number of methoxy groups -OCH3 is 2. The van der Waals surface area contributed by atoms with E-state index in [1.54, 1.807) is 18.2 Å². The molecule has 1 saturated heterocycles. The smallest absolute Gasteiger partial charge is 0.243 e. The lowest BCUT2D eigenvalue weighted by atomic mass is 10.2. The largest absolute Gasteiger partial charge is 0.493 e. The van der Waals surface area contributed by atoms with Crippen molar-refractivity contribution in [2.75, 3.05) is 45.3 Å². The standard InChI is InChI=1S/C19H22N2O5S/c1-25-18-8-7-17(13-19(18)26-2)27(23,24)21-11-9-20(10-12-21)16-5-3-15(14-22)4-6-16/h3-8,13-14H,9-12H2,1-2H3. The second-order valence-corrected chi connectivity index (χ2v) is 8.06. The second-order valence-electron chi connectivity index (χ2n) is 6.12. The summed E-state index contributed by atoms with van der Waals surface area (Å²) in [6.45, 7) is 1.91. The van der Waals surface area contributed by atoms with Gasteiger partial charge in [-0.15, -0.1) is 0 Å². The maximum absolute atomic E-state index is 13.0. The van der Waals surface area contributed by atoms with Gasteiger partial charge in [0.25, 0.3) is 0 Å². The number of hydrogen-bond donors (Lipinski definition) is 0. The Morgan fingerprint density at radius 1 is 0.889 bits per heavy atom. The van der Waals surface area contributed by atoms with E-state index < -0.39 is 10.0 Å². The minimum absolute atomic E-state index is 0.184. The molecule has 0 unspecified atom stereocenters. The van der Waals surface area contributed by atoms with Crippen molar-refractivity contribution in [1.82, 2.24) is 4.31 Å². The summed E-state index contributed by atoms with van der Waals surface area (Å²) in [6, 6.07) is 11.9. The summed E-state index contributed by atoms with van der Waals surface area (Å²) in [4.78, 5) is 13.1. The lowest BCUT2D eigenvalue weighted by molar-refractivity contribution is 0.112. The lowest BCUT2D eigenvalue weighted by Gasteiger charge is -2.35. The van der Waals surface area contributed by atoms with E-state index in [4.69, 9.17) is 9.47 Å². The van der Waals surface area contributed by atoms with E-state index in [2.05, 4.69) is 4.90 Å². The van der Waals surface area contributed by atoms with Crippen LogP contribution in [0.4, 0.5) is 5.69 Å².